The van der Waals surface area contributed by atoms with E-state index < -0.39 is 12.0 Å². The van der Waals surface area contributed by atoms with Crippen LogP contribution in [0.3, 0.4) is 0 Å². The number of carboxylic acid groups (broad SMARTS) is 1. The minimum atomic E-state index is -0.825. The molecule has 0 aromatic carbocycles. The molecule has 1 unspecified atom stereocenters. The van der Waals surface area contributed by atoms with Gasteiger partial charge in [-0.2, -0.15) is 0 Å². The molecule has 1 fully saturated rings. The molecule has 0 aliphatic heterocycles. The van der Waals surface area contributed by atoms with Gasteiger partial charge >= 0.3 is 5.97 Å². The van der Waals surface area contributed by atoms with E-state index >= 15 is 0 Å². The Bertz CT molecular complexity index is 225. The van der Waals surface area contributed by atoms with Gasteiger partial charge in [0.2, 0.25) is 0 Å². The third-order valence-corrected chi connectivity index (χ3v) is 3.83. The predicted octanol–water partition coefficient (Wildman–Crippen LogP) is 1.89. The third-order valence-electron chi connectivity index (χ3n) is 3.83. The Kier molecular flexibility index (Phi) is 6.52. The van der Waals surface area contributed by atoms with E-state index in [1.807, 2.05) is 0 Å². The van der Waals surface area contributed by atoms with E-state index in [9.17, 15) is 4.79 Å². The van der Waals surface area contributed by atoms with E-state index in [4.69, 9.17) is 9.84 Å². The van der Waals surface area contributed by atoms with E-state index in [1.165, 1.54) is 39.2 Å². The maximum Gasteiger partial charge on any atom is 0.323 e. The Morgan fingerprint density at radius 2 is 1.94 bits per heavy atom. The van der Waals surface area contributed by atoms with Crippen molar-refractivity contribution in [3.05, 3.63) is 0 Å². The molecule has 0 aromatic heterocycles. The van der Waals surface area contributed by atoms with Crippen molar-refractivity contribution < 1.29 is 14.6 Å². The second-order valence-corrected chi connectivity index (χ2v) is 5.05. The number of hydrogen-bond acceptors (Lipinski definition) is 3. The van der Waals surface area contributed by atoms with Gasteiger partial charge in [-0.3, -0.25) is 4.79 Å². The van der Waals surface area contributed by atoms with Crippen molar-refractivity contribution in [2.24, 2.45) is 11.8 Å². The van der Waals surface area contributed by atoms with E-state index in [0.29, 0.717) is 5.92 Å². The van der Waals surface area contributed by atoms with Crippen LogP contribution >= 0.6 is 0 Å². The lowest BCUT2D eigenvalue weighted by Crippen LogP contribution is -2.43. The van der Waals surface area contributed by atoms with Crippen LogP contribution in [-0.2, 0) is 9.53 Å². The molecule has 4 heteroatoms. The van der Waals surface area contributed by atoms with Gasteiger partial charge in [0.05, 0.1) is 6.61 Å². The zero-order valence-corrected chi connectivity index (χ0v) is 10.9. The van der Waals surface area contributed by atoms with Crippen molar-refractivity contribution in [1.82, 2.24) is 5.32 Å². The highest BCUT2D eigenvalue weighted by atomic mass is 16.5. The molecule has 100 valence electrons. The maximum atomic E-state index is 10.9. The van der Waals surface area contributed by atoms with Gasteiger partial charge in [0, 0.05) is 7.11 Å². The summed E-state index contributed by atoms with van der Waals surface area (Å²) in [4.78, 5) is 10.9. The summed E-state index contributed by atoms with van der Waals surface area (Å²) < 4.78 is 4.90. The Balaban J connectivity index is 2.23. The number of aliphatic carboxylic acids is 1. The molecule has 1 atom stereocenters. The van der Waals surface area contributed by atoms with Gasteiger partial charge in [0.1, 0.15) is 6.04 Å². The summed E-state index contributed by atoms with van der Waals surface area (Å²) in [6.45, 7) is 3.29. The highest BCUT2D eigenvalue weighted by Gasteiger charge is 2.22. The molecule has 0 spiro atoms. The van der Waals surface area contributed by atoms with E-state index in [2.05, 4.69) is 12.2 Å². The molecule has 0 bridgehead atoms. The molecular weight excluding hydrogens is 218 g/mol. The van der Waals surface area contributed by atoms with Crippen LogP contribution in [0.1, 0.15) is 39.0 Å². The zero-order valence-electron chi connectivity index (χ0n) is 10.9. The summed E-state index contributed by atoms with van der Waals surface area (Å²) in [6, 6.07) is -0.566. The first-order valence-electron chi connectivity index (χ1n) is 6.62. The summed E-state index contributed by atoms with van der Waals surface area (Å²) in [5.41, 5.74) is 0. The van der Waals surface area contributed by atoms with Crippen LogP contribution in [0.15, 0.2) is 0 Å². The quantitative estimate of drug-likeness (QED) is 0.717. The monoisotopic (exact) mass is 243 g/mol. The lowest BCUT2D eigenvalue weighted by Gasteiger charge is -2.28. The molecule has 0 amide bonds. The van der Waals surface area contributed by atoms with Crippen LogP contribution < -0.4 is 5.32 Å². The van der Waals surface area contributed by atoms with Crippen LogP contribution in [0.25, 0.3) is 0 Å². The Morgan fingerprint density at radius 3 is 2.41 bits per heavy atom. The molecule has 1 aliphatic carbocycles. The van der Waals surface area contributed by atoms with E-state index in [0.717, 1.165) is 12.5 Å². The maximum absolute atomic E-state index is 10.9. The number of methoxy groups -OCH3 is 1. The van der Waals surface area contributed by atoms with Gasteiger partial charge in [-0.15, -0.1) is 0 Å². The van der Waals surface area contributed by atoms with Crippen LogP contribution in [0.4, 0.5) is 0 Å². The zero-order chi connectivity index (χ0) is 12.7. The van der Waals surface area contributed by atoms with Crippen LogP contribution in [-0.4, -0.2) is 37.4 Å². The summed E-state index contributed by atoms with van der Waals surface area (Å²) in [5, 5.41) is 12.1. The number of ether oxygens (including phenoxy) is 1. The average Bonchev–Trinajstić information content (AvgIpc) is 2.34. The summed E-state index contributed by atoms with van der Waals surface area (Å²) in [7, 11) is 1.53. The first kappa shape index (κ1) is 14.5. The normalized spacial score (nSPS) is 26.7. The second kappa shape index (κ2) is 7.67. The highest BCUT2D eigenvalue weighted by Crippen LogP contribution is 2.30. The van der Waals surface area contributed by atoms with Gasteiger partial charge in [-0.25, -0.2) is 0 Å². The third kappa shape index (κ3) is 5.04. The number of rotatable bonds is 7. The number of carbonyl (C=O) groups is 1. The molecule has 2 N–H and O–H groups in total. The lowest BCUT2D eigenvalue weighted by molar-refractivity contribution is -0.140. The molecule has 0 aromatic rings. The number of hydrogen-bond donors (Lipinski definition) is 2. The molecule has 1 rings (SSSR count). The molecule has 4 nitrogen and oxygen atoms in total. The van der Waals surface area contributed by atoms with E-state index in [1.54, 1.807) is 0 Å². The summed E-state index contributed by atoms with van der Waals surface area (Å²) in [6.07, 6.45) is 6.33. The van der Waals surface area contributed by atoms with Crippen LogP contribution in [0.5, 0.6) is 0 Å². The molecular formula is C13H25NO3. The summed E-state index contributed by atoms with van der Waals surface area (Å²) in [5.74, 6) is 0.700. The van der Waals surface area contributed by atoms with Gasteiger partial charge < -0.3 is 15.2 Å². The fourth-order valence-corrected chi connectivity index (χ4v) is 2.54. The fraction of sp³-hybridized carbons (Fsp3) is 0.923. The molecule has 17 heavy (non-hydrogen) atoms. The van der Waals surface area contributed by atoms with Crippen molar-refractivity contribution in [3.8, 4) is 0 Å². The van der Waals surface area contributed by atoms with Gasteiger partial charge in [-0.05, 0) is 31.2 Å². The van der Waals surface area contributed by atoms with Crippen molar-refractivity contribution in [2.75, 3.05) is 20.3 Å². The lowest BCUT2D eigenvalue weighted by atomic mass is 9.81. The molecule has 0 saturated heterocycles. The first-order valence-corrected chi connectivity index (χ1v) is 6.62. The Hall–Kier alpha value is -0.610. The standard InChI is InChI=1S/C13H25NO3/c1-3-10-4-6-11(7-5-10)8-14-12(9-17-2)13(15)16/h10-12,14H,3-9H2,1-2H3,(H,15,16). The molecule has 0 radical (unpaired) electrons. The minimum absolute atomic E-state index is 0.236. The van der Waals surface area contributed by atoms with Crippen LogP contribution in [0, 0.1) is 11.8 Å². The topological polar surface area (TPSA) is 58.6 Å². The SMILES string of the molecule is CCC1CCC(CNC(COC)C(=O)O)CC1. The largest absolute Gasteiger partial charge is 0.480 e. The Labute approximate surface area is 104 Å². The molecule has 0 heterocycles. The smallest absolute Gasteiger partial charge is 0.323 e. The van der Waals surface area contributed by atoms with Gasteiger partial charge in [0.25, 0.3) is 0 Å². The number of nitrogens with one attached hydrogen (secondary N) is 1. The second-order valence-electron chi connectivity index (χ2n) is 5.05. The van der Waals surface area contributed by atoms with Gasteiger partial charge in [-0.1, -0.05) is 26.2 Å². The van der Waals surface area contributed by atoms with Gasteiger partial charge in [0.15, 0.2) is 0 Å². The first-order chi connectivity index (χ1) is 8.17. The summed E-state index contributed by atoms with van der Waals surface area (Å²) >= 11 is 0. The predicted molar refractivity (Wildman–Crippen MR) is 67.0 cm³/mol. The van der Waals surface area contributed by atoms with Crippen LogP contribution in [0.2, 0.25) is 0 Å². The fourth-order valence-electron chi connectivity index (χ4n) is 2.54. The van der Waals surface area contributed by atoms with Crippen molar-refractivity contribution in [3.63, 3.8) is 0 Å². The number of carboxylic acids is 1. The average molecular weight is 243 g/mol. The van der Waals surface area contributed by atoms with Crippen molar-refractivity contribution >= 4 is 5.97 Å². The molecule has 1 aliphatic rings. The van der Waals surface area contributed by atoms with E-state index in [-0.39, 0.29) is 6.61 Å². The Morgan fingerprint density at radius 1 is 1.35 bits per heavy atom. The molecule has 1 saturated carbocycles. The highest BCUT2D eigenvalue weighted by molar-refractivity contribution is 5.73. The minimum Gasteiger partial charge on any atom is -0.480 e. The van der Waals surface area contributed by atoms with Crippen molar-refractivity contribution in [1.29, 1.82) is 0 Å². The van der Waals surface area contributed by atoms with Crippen molar-refractivity contribution in [2.45, 2.75) is 45.1 Å².